The van der Waals surface area contributed by atoms with Gasteiger partial charge in [0, 0.05) is 11.5 Å². The molecule has 0 spiro atoms. The number of fused-ring (bicyclic) bond motifs is 2. The number of esters is 2. The molecule has 0 amide bonds. The number of carbonyl (C=O) groups excluding carboxylic acids is 2. The fraction of sp³-hybridized carbons (Fsp3) is 0.565. The molecule has 1 saturated heterocycles. The van der Waals surface area contributed by atoms with Gasteiger partial charge in [-0.3, -0.25) is 0 Å². The maximum Gasteiger partial charge on any atom is 0.338 e. The number of hydrogen-bond acceptors (Lipinski definition) is 4. The molecule has 0 bridgehead atoms. The highest BCUT2D eigenvalue weighted by atomic mass is 16.6. The van der Waals surface area contributed by atoms with Crippen molar-refractivity contribution < 1.29 is 19.1 Å². The summed E-state index contributed by atoms with van der Waals surface area (Å²) in [7, 11) is 0. The Labute approximate surface area is 160 Å². The second-order valence-corrected chi connectivity index (χ2v) is 8.84. The smallest absolute Gasteiger partial charge is 0.338 e. The number of ether oxygens (including phenoxy) is 2. The van der Waals surface area contributed by atoms with Crippen molar-refractivity contribution in [1.29, 1.82) is 0 Å². The summed E-state index contributed by atoms with van der Waals surface area (Å²) >= 11 is 0. The van der Waals surface area contributed by atoms with Crippen molar-refractivity contribution in [2.24, 2.45) is 23.2 Å². The molecule has 4 rings (SSSR count). The lowest BCUT2D eigenvalue weighted by atomic mass is 9.79. The lowest BCUT2D eigenvalue weighted by Crippen LogP contribution is -2.26. The van der Waals surface area contributed by atoms with E-state index >= 15 is 0 Å². The van der Waals surface area contributed by atoms with Crippen LogP contribution in [0.25, 0.3) is 0 Å². The standard InChI is InChI=1S/C23H28O4/c1-13-7-5-6-8-16(13)22(25)26-14(2)9-10-18-19-11-17-15(3)21(24)27-20(17)12-23(18,19)4/h5-8,14,17-20H,3,9-12H2,1-2,4H3/t14?,17-,18?,19+,20-,23-/m1/s1. The predicted molar refractivity (Wildman–Crippen MR) is 102 cm³/mol. The van der Waals surface area contributed by atoms with Gasteiger partial charge in [0.1, 0.15) is 6.10 Å². The zero-order chi connectivity index (χ0) is 19.3. The average molecular weight is 368 g/mol. The van der Waals surface area contributed by atoms with Gasteiger partial charge in [-0.25, -0.2) is 9.59 Å². The van der Waals surface area contributed by atoms with Crippen molar-refractivity contribution in [3.63, 3.8) is 0 Å². The number of carbonyl (C=O) groups is 2. The number of aryl methyl sites for hydroxylation is 1. The number of rotatable bonds is 5. The third-order valence-electron chi connectivity index (χ3n) is 7.19. The van der Waals surface area contributed by atoms with Crippen LogP contribution in [0.2, 0.25) is 0 Å². The second kappa shape index (κ2) is 6.50. The van der Waals surface area contributed by atoms with E-state index in [-0.39, 0.29) is 35.5 Å². The van der Waals surface area contributed by atoms with Crippen LogP contribution in [0.3, 0.4) is 0 Å². The fourth-order valence-electron chi connectivity index (χ4n) is 5.41. The predicted octanol–water partition coefficient (Wildman–Crippen LogP) is 4.46. The molecule has 1 heterocycles. The highest BCUT2D eigenvalue weighted by Crippen LogP contribution is 2.70. The molecule has 0 aromatic heterocycles. The average Bonchev–Trinajstić information content (AvgIpc) is 3.10. The molecule has 0 N–H and O–H groups in total. The Morgan fingerprint density at radius 1 is 1.41 bits per heavy atom. The molecule has 3 aliphatic rings. The van der Waals surface area contributed by atoms with Gasteiger partial charge in [-0.1, -0.05) is 31.7 Å². The summed E-state index contributed by atoms with van der Waals surface area (Å²) in [5.74, 6) is 1.01. The van der Waals surface area contributed by atoms with E-state index in [9.17, 15) is 9.59 Å². The molecular weight excluding hydrogens is 340 g/mol. The first-order valence-corrected chi connectivity index (χ1v) is 9.97. The summed E-state index contributed by atoms with van der Waals surface area (Å²) in [5.41, 5.74) is 2.50. The molecule has 4 heteroatoms. The molecule has 6 atom stereocenters. The highest BCUT2D eigenvalue weighted by Gasteiger charge is 2.66. The molecule has 3 fully saturated rings. The Balaban J connectivity index is 1.30. The molecule has 1 aliphatic heterocycles. The molecule has 2 aliphatic carbocycles. The SMILES string of the molecule is C=C1C(=O)O[C@@H]2C[C@]3(C)C(CCC(C)OC(=O)c4ccccc4C)[C@@H]3C[C@H]12. The van der Waals surface area contributed by atoms with Crippen molar-refractivity contribution in [3.05, 3.63) is 47.5 Å². The quantitative estimate of drug-likeness (QED) is 0.569. The lowest BCUT2D eigenvalue weighted by Gasteiger charge is -2.27. The van der Waals surface area contributed by atoms with E-state index in [0.717, 1.165) is 31.2 Å². The van der Waals surface area contributed by atoms with Crippen LogP contribution in [-0.4, -0.2) is 24.1 Å². The first-order chi connectivity index (χ1) is 12.8. The van der Waals surface area contributed by atoms with Crippen molar-refractivity contribution in [2.45, 2.75) is 58.7 Å². The number of benzene rings is 1. The van der Waals surface area contributed by atoms with Gasteiger partial charge in [0.2, 0.25) is 0 Å². The van der Waals surface area contributed by atoms with Crippen LogP contribution < -0.4 is 0 Å². The Morgan fingerprint density at radius 3 is 2.89 bits per heavy atom. The number of hydrogen-bond donors (Lipinski definition) is 0. The maximum absolute atomic E-state index is 12.4. The van der Waals surface area contributed by atoms with Gasteiger partial charge in [0.05, 0.1) is 11.7 Å². The molecule has 1 aromatic rings. The fourth-order valence-corrected chi connectivity index (χ4v) is 5.41. The zero-order valence-electron chi connectivity index (χ0n) is 16.4. The molecule has 2 unspecified atom stereocenters. The van der Waals surface area contributed by atoms with Crippen molar-refractivity contribution >= 4 is 11.9 Å². The minimum Gasteiger partial charge on any atom is -0.459 e. The maximum atomic E-state index is 12.4. The van der Waals surface area contributed by atoms with Crippen LogP contribution in [0, 0.1) is 30.1 Å². The topological polar surface area (TPSA) is 52.6 Å². The van der Waals surface area contributed by atoms with Crippen LogP contribution in [0.1, 0.15) is 55.5 Å². The van der Waals surface area contributed by atoms with Crippen molar-refractivity contribution in [2.75, 3.05) is 0 Å². The summed E-state index contributed by atoms with van der Waals surface area (Å²) in [5, 5.41) is 0. The van der Waals surface area contributed by atoms with Crippen LogP contribution >= 0.6 is 0 Å². The van der Waals surface area contributed by atoms with Gasteiger partial charge in [0.25, 0.3) is 0 Å². The first kappa shape index (κ1) is 18.3. The highest BCUT2D eigenvalue weighted by molar-refractivity contribution is 5.91. The summed E-state index contributed by atoms with van der Waals surface area (Å²) < 4.78 is 11.2. The summed E-state index contributed by atoms with van der Waals surface area (Å²) in [4.78, 5) is 24.1. The third-order valence-corrected chi connectivity index (χ3v) is 7.19. The van der Waals surface area contributed by atoms with E-state index in [1.165, 1.54) is 0 Å². The Kier molecular flexibility index (Phi) is 4.40. The molecule has 4 nitrogen and oxygen atoms in total. The van der Waals surface area contributed by atoms with E-state index in [0.29, 0.717) is 23.0 Å². The molecule has 0 radical (unpaired) electrons. The van der Waals surface area contributed by atoms with E-state index in [4.69, 9.17) is 9.47 Å². The first-order valence-electron chi connectivity index (χ1n) is 9.97. The molecular formula is C23H28O4. The van der Waals surface area contributed by atoms with Gasteiger partial charge < -0.3 is 9.47 Å². The molecule has 2 saturated carbocycles. The van der Waals surface area contributed by atoms with Crippen molar-refractivity contribution in [3.8, 4) is 0 Å². The summed E-state index contributed by atoms with van der Waals surface area (Å²) in [6.45, 7) is 10.1. The summed E-state index contributed by atoms with van der Waals surface area (Å²) in [6, 6.07) is 7.52. The minimum atomic E-state index is -0.238. The van der Waals surface area contributed by atoms with Gasteiger partial charge in [-0.15, -0.1) is 0 Å². The minimum absolute atomic E-state index is 0.0209. The largest absolute Gasteiger partial charge is 0.459 e. The van der Waals surface area contributed by atoms with Crippen LogP contribution in [-0.2, 0) is 14.3 Å². The Bertz CT molecular complexity index is 797. The van der Waals surface area contributed by atoms with Crippen LogP contribution in [0.4, 0.5) is 0 Å². The summed E-state index contributed by atoms with van der Waals surface area (Å²) in [6.07, 6.45) is 3.78. The monoisotopic (exact) mass is 368 g/mol. The van der Waals surface area contributed by atoms with E-state index in [1.807, 2.05) is 38.1 Å². The molecule has 27 heavy (non-hydrogen) atoms. The van der Waals surface area contributed by atoms with E-state index in [1.54, 1.807) is 0 Å². The van der Waals surface area contributed by atoms with E-state index < -0.39 is 0 Å². The lowest BCUT2D eigenvalue weighted by molar-refractivity contribution is -0.140. The van der Waals surface area contributed by atoms with E-state index in [2.05, 4.69) is 13.5 Å². The van der Waals surface area contributed by atoms with Gasteiger partial charge in [0.15, 0.2) is 0 Å². The van der Waals surface area contributed by atoms with Gasteiger partial charge in [-0.05, 0) is 68.4 Å². The van der Waals surface area contributed by atoms with Crippen LogP contribution in [0.15, 0.2) is 36.4 Å². The zero-order valence-corrected chi connectivity index (χ0v) is 16.4. The third kappa shape index (κ3) is 3.09. The van der Waals surface area contributed by atoms with Crippen LogP contribution in [0.5, 0.6) is 0 Å². The molecule has 144 valence electrons. The van der Waals surface area contributed by atoms with Crippen molar-refractivity contribution in [1.82, 2.24) is 0 Å². The second-order valence-electron chi connectivity index (χ2n) is 8.84. The van der Waals surface area contributed by atoms with Gasteiger partial charge >= 0.3 is 11.9 Å². The Morgan fingerprint density at radius 2 is 2.15 bits per heavy atom. The molecule has 1 aromatic carbocycles. The normalized spacial score (nSPS) is 35.1. The Hall–Kier alpha value is -2.10. The van der Waals surface area contributed by atoms with Gasteiger partial charge in [-0.2, -0.15) is 0 Å².